The van der Waals surface area contributed by atoms with E-state index >= 15 is 0 Å². The quantitative estimate of drug-likeness (QED) is 0.683. The molecule has 1 saturated heterocycles. The van der Waals surface area contributed by atoms with E-state index in [2.05, 4.69) is 69.8 Å². The Bertz CT molecular complexity index is 1000. The van der Waals surface area contributed by atoms with Gasteiger partial charge >= 0.3 is 0 Å². The molecule has 166 valence electrons. The zero-order valence-corrected chi connectivity index (χ0v) is 18.8. The highest BCUT2D eigenvalue weighted by molar-refractivity contribution is 5.40. The van der Waals surface area contributed by atoms with E-state index in [1.807, 2.05) is 6.07 Å². The van der Waals surface area contributed by atoms with Gasteiger partial charge in [-0.1, -0.05) is 24.3 Å². The molecule has 0 amide bonds. The summed E-state index contributed by atoms with van der Waals surface area (Å²) >= 11 is 0. The van der Waals surface area contributed by atoms with Crippen molar-refractivity contribution in [2.75, 3.05) is 45.9 Å². The van der Waals surface area contributed by atoms with E-state index in [1.165, 1.54) is 17.0 Å². The Morgan fingerprint density at radius 2 is 1.77 bits per heavy atom. The van der Waals surface area contributed by atoms with E-state index in [0.29, 0.717) is 13.2 Å². The molecule has 4 rings (SSSR count). The van der Waals surface area contributed by atoms with Gasteiger partial charge in [0.25, 0.3) is 0 Å². The van der Waals surface area contributed by atoms with Gasteiger partial charge in [-0.05, 0) is 38.1 Å². The minimum Gasteiger partial charge on any atom is -0.486 e. The van der Waals surface area contributed by atoms with Gasteiger partial charge in [-0.3, -0.25) is 9.88 Å². The molecule has 6 heteroatoms. The van der Waals surface area contributed by atoms with Crippen LogP contribution in [-0.4, -0.2) is 65.3 Å². The molecule has 6 nitrogen and oxygen atoms in total. The van der Waals surface area contributed by atoms with E-state index in [1.54, 1.807) is 6.20 Å². The largest absolute Gasteiger partial charge is 0.486 e. The highest BCUT2D eigenvalue weighted by atomic mass is 16.6. The molecule has 2 aromatic rings. The number of allylic oxidation sites excluding steroid dienone is 2. The molecule has 0 bridgehead atoms. The lowest BCUT2D eigenvalue weighted by Crippen LogP contribution is -2.46. The van der Waals surface area contributed by atoms with E-state index in [-0.39, 0.29) is 0 Å². The van der Waals surface area contributed by atoms with Gasteiger partial charge in [-0.2, -0.15) is 0 Å². The molecule has 0 saturated carbocycles. The SMILES string of the molecule is C\C=C/C=c1/ccn(CCCN2CCN(Cc3cc4c(cn3)OCCO4)CC2)/c1=C/C. The number of pyridine rings is 1. The van der Waals surface area contributed by atoms with Crippen LogP contribution in [0.15, 0.2) is 36.7 Å². The van der Waals surface area contributed by atoms with Crippen LogP contribution in [0.1, 0.15) is 26.0 Å². The van der Waals surface area contributed by atoms with Crippen LogP contribution in [0.2, 0.25) is 0 Å². The van der Waals surface area contributed by atoms with Crippen LogP contribution >= 0.6 is 0 Å². The predicted molar refractivity (Wildman–Crippen MR) is 125 cm³/mol. The Labute approximate surface area is 185 Å². The maximum Gasteiger partial charge on any atom is 0.179 e. The fourth-order valence-electron chi connectivity index (χ4n) is 4.31. The van der Waals surface area contributed by atoms with Gasteiger partial charge in [0.2, 0.25) is 0 Å². The molecule has 0 spiro atoms. The maximum atomic E-state index is 5.69. The minimum absolute atomic E-state index is 0.605. The van der Waals surface area contributed by atoms with Gasteiger partial charge in [0.05, 0.1) is 11.9 Å². The number of hydrogen-bond acceptors (Lipinski definition) is 5. The van der Waals surface area contributed by atoms with Crippen LogP contribution in [0.3, 0.4) is 0 Å². The van der Waals surface area contributed by atoms with Crippen molar-refractivity contribution in [2.45, 2.75) is 33.4 Å². The van der Waals surface area contributed by atoms with Crippen LogP contribution in [0.5, 0.6) is 11.5 Å². The van der Waals surface area contributed by atoms with Crippen molar-refractivity contribution in [3.63, 3.8) is 0 Å². The molecule has 2 aliphatic heterocycles. The average molecular weight is 423 g/mol. The van der Waals surface area contributed by atoms with Gasteiger partial charge in [0.15, 0.2) is 11.5 Å². The summed E-state index contributed by atoms with van der Waals surface area (Å²) in [6.07, 6.45) is 13.7. The van der Waals surface area contributed by atoms with Crippen molar-refractivity contribution in [3.8, 4) is 11.5 Å². The fourth-order valence-corrected chi connectivity index (χ4v) is 4.31. The summed E-state index contributed by atoms with van der Waals surface area (Å²) in [4.78, 5) is 9.62. The van der Waals surface area contributed by atoms with E-state index in [0.717, 1.165) is 63.0 Å². The van der Waals surface area contributed by atoms with Crippen LogP contribution < -0.4 is 20.0 Å². The lowest BCUT2D eigenvalue weighted by atomic mass is 10.2. The standard InChI is InChI=1S/C25H34N4O2/c1-3-5-7-21-8-11-29(23(21)4-2)10-6-9-27-12-14-28(15-13-27)20-22-18-24-25(19-26-22)31-17-16-30-24/h3-5,7-8,11,18-19H,6,9-10,12-17,20H2,1-2H3/b5-3-,21-7-,23-4+. The molecule has 0 radical (unpaired) electrons. The maximum absolute atomic E-state index is 5.69. The van der Waals surface area contributed by atoms with Gasteiger partial charge in [0, 0.05) is 56.9 Å². The van der Waals surface area contributed by atoms with Crippen LogP contribution in [0.4, 0.5) is 0 Å². The molecule has 0 unspecified atom stereocenters. The molecule has 0 aromatic carbocycles. The lowest BCUT2D eigenvalue weighted by molar-refractivity contribution is 0.123. The number of hydrogen-bond donors (Lipinski definition) is 0. The zero-order valence-electron chi connectivity index (χ0n) is 18.8. The highest BCUT2D eigenvalue weighted by Gasteiger charge is 2.19. The first kappa shape index (κ1) is 21.7. The number of fused-ring (bicyclic) bond motifs is 1. The summed E-state index contributed by atoms with van der Waals surface area (Å²) in [7, 11) is 0. The summed E-state index contributed by atoms with van der Waals surface area (Å²) in [6, 6.07) is 4.24. The molecule has 2 aromatic heterocycles. The number of piperazine rings is 1. The van der Waals surface area contributed by atoms with E-state index in [4.69, 9.17) is 9.47 Å². The van der Waals surface area contributed by atoms with Crippen LogP contribution in [0.25, 0.3) is 12.2 Å². The first-order valence-electron chi connectivity index (χ1n) is 11.4. The van der Waals surface area contributed by atoms with Crippen molar-refractivity contribution in [1.82, 2.24) is 19.4 Å². The Morgan fingerprint density at radius 3 is 2.55 bits per heavy atom. The fraction of sp³-hybridized carbons (Fsp3) is 0.480. The molecule has 0 atom stereocenters. The smallest absolute Gasteiger partial charge is 0.179 e. The van der Waals surface area contributed by atoms with Gasteiger partial charge in [-0.25, -0.2) is 0 Å². The second kappa shape index (κ2) is 10.6. The number of aromatic nitrogens is 2. The monoisotopic (exact) mass is 422 g/mol. The van der Waals surface area contributed by atoms with Crippen LogP contribution in [-0.2, 0) is 13.1 Å². The summed E-state index contributed by atoms with van der Waals surface area (Å²) in [5, 5.41) is 2.61. The average Bonchev–Trinajstić information content (AvgIpc) is 3.20. The third-order valence-corrected chi connectivity index (χ3v) is 5.99. The number of nitrogens with zero attached hydrogens (tertiary/aromatic N) is 4. The molecular weight excluding hydrogens is 388 g/mol. The highest BCUT2D eigenvalue weighted by Crippen LogP contribution is 2.29. The Balaban J connectivity index is 1.23. The summed E-state index contributed by atoms with van der Waals surface area (Å²) in [5.41, 5.74) is 1.05. The number of aryl methyl sites for hydroxylation is 1. The van der Waals surface area contributed by atoms with Crippen molar-refractivity contribution < 1.29 is 9.47 Å². The first-order chi connectivity index (χ1) is 15.3. The lowest BCUT2D eigenvalue weighted by Gasteiger charge is -2.34. The second-order valence-corrected chi connectivity index (χ2v) is 8.12. The Morgan fingerprint density at radius 1 is 1.00 bits per heavy atom. The predicted octanol–water partition coefficient (Wildman–Crippen LogP) is 2.02. The Hall–Kier alpha value is -2.57. The molecule has 1 fully saturated rings. The van der Waals surface area contributed by atoms with Crippen molar-refractivity contribution in [1.29, 1.82) is 0 Å². The molecule has 31 heavy (non-hydrogen) atoms. The van der Waals surface area contributed by atoms with E-state index in [9.17, 15) is 0 Å². The topological polar surface area (TPSA) is 42.8 Å². The van der Waals surface area contributed by atoms with Gasteiger partial charge in [-0.15, -0.1) is 0 Å². The van der Waals surface area contributed by atoms with Crippen molar-refractivity contribution in [2.24, 2.45) is 0 Å². The minimum atomic E-state index is 0.605. The molecule has 4 heterocycles. The third kappa shape index (κ3) is 5.57. The van der Waals surface area contributed by atoms with Gasteiger partial charge < -0.3 is 18.9 Å². The first-order valence-corrected chi connectivity index (χ1v) is 11.4. The van der Waals surface area contributed by atoms with Crippen molar-refractivity contribution in [3.05, 3.63) is 52.9 Å². The van der Waals surface area contributed by atoms with E-state index < -0.39 is 0 Å². The molecular formula is C25H34N4O2. The molecule has 0 N–H and O–H groups in total. The summed E-state index contributed by atoms with van der Waals surface area (Å²) in [6.45, 7) is 12.9. The van der Waals surface area contributed by atoms with Crippen LogP contribution in [0, 0.1) is 0 Å². The zero-order chi connectivity index (χ0) is 21.5. The second-order valence-electron chi connectivity index (χ2n) is 8.12. The Kier molecular flexibility index (Phi) is 7.43. The third-order valence-electron chi connectivity index (χ3n) is 5.99. The molecule has 0 aliphatic carbocycles. The van der Waals surface area contributed by atoms with Gasteiger partial charge in [0.1, 0.15) is 13.2 Å². The number of ether oxygens (including phenoxy) is 2. The summed E-state index contributed by atoms with van der Waals surface area (Å²) < 4.78 is 13.6. The summed E-state index contributed by atoms with van der Waals surface area (Å²) in [5.74, 6) is 1.59. The normalized spacial score (nSPS) is 18.9. The number of rotatable bonds is 7. The molecule has 2 aliphatic rings. The van der Waals surface area contributed by atoms with Crippen molar-refractivity contribution >= 4 is 12.2 Å².